The highest BCUT2D eigenvalue weighted by atomic mass is 35.5. The summed E-state index contributed by atoms with van der Waals surface area (Å²) in [6.45, 7) is 0.236. The molecule has 3 N–H and O–H groups in total. The molecule has 22 heavy (non-hydrogen) atoms. The molecule has 0 spiro atoms. The monoisotopic (exact) mass is 378 g/mol. The maximum absolute atomic E-state index is 11.9. The fourth-order valence-electron chi connectivity index (χ4n) is 1.69. The first kappa shape index (κ1) is 17.2. The Kier molecular flexibility index (Phi) is 5.46. The molecule has 0 atom stereocenters. The molecule has 118 valence electrons. The molecule has 2 rings (SSSR count). The van der Waals surface area contributed by atoms with Crippen molar-refractivity contribution in [2.75, 3.05) is 0 Å². The van der Waals surface area contributed by atoms with Crippen molar-refractivity contribution in [2.24, 2.45) is 5.14 Å². The van der Waals surface area contributed by atoms with Gasteiger partial charge < -0.3 is 5.32 Å². The van der Waals surface area contributed by atoms with Gasteiger partial charge in [-0.3, -0.25) is 4.79 Å². The molecule has 0 aliphatic carbocycles. The second-order valence-corrected chi connectivity index (χ2v) is 8.24. The van der Waals surface area contributed by atoms with Crippen LogP contribution in [-0.4, -0.2) is 14.3 Å². The molecule has 9 heteroatoms. The van der Waals surface area contributed by atoms with Crippen molar-refractivity contribution < 1.29 is 13.2 Å². The minimum atomic E-state index is -3.70. The summed E-state index contributed by atoms with van der Waals surface area (Å²) < 4.78 is 22.4. The fraction of sp³-hybridized carbons (Fsp3) is 0.154. The van der Waals surface area contributed by atoms with Gasteiger partial charge in [0.25, 0.3) is 0 Å². The van der Waals surface area contributed by atoms with Gasteiger partial charge in [0.15, 0.2) is 0 Å². The summed E-state index contributed by atoms with van der Waals surface area (Å²) in [7, 11) is -3.70. The Labute approximate surface area is 142 Å². The van der Waals surface area contributed by atoms with Gasteiger partial charge in [-0.25, -0.2) is 13.6 Å². The van der Waals surface area contributed by atoms with Crippen molar-refractivity contribution in [3.05, 3.63) is 50.8 Å². The number of carbonyl (C=O) groups is 1. The average molecular weight is 379 g/mol. The number of halogens is 2. The van der Waals surface area contributed by atoms with E-state index in [0.29, 0.717) is 14.9 Å². The molecule has 0 saturated heterocycles. The molecule has 0 saturated carbocycles. The molecule has 5 nitrogen and oxygen atoms in total. The van der Waals surface area contributed by atoms with E-state index >= 15 is 0 Å². The number of rotatable bonds is 5. The molecule has 0 fully saturated rings. The second-order valence-electron chi connectivity index (χ2n) is 4.47. The normalized spacial score (nSPS) is 11.4. The summed E-state index contributed by atoms with van der Waals surface area (Å²) in [5.41, 5.74) is 0.739. The zero-order chi connectivity index (χ0) is 16.3. The molecule has 1 heterocycles. The molecule has 1 amide bonds. The van der Waals surface area contributed by atoms with Gasteiger partial charge in [0.05, 0.1) is 23.0 Å². The Morgan fingerprint density at radius 3 is 2.50 bits per heavy atom. The minimum Gasteiger partial charge on any atom is -0.351 e. The van der Waals surface area contributed by atoms with Gasteiger partial charge in [-0.1, -0.05) is 29.3 Å². The highest BCUT2D eigenvalue weighted by molar-refractivity contribution is 7.91. The standard InChI is InChI=1S/C13H12Cl2N2O3S2/c14-10-3-1-8(5-11(10)15)6-12(18)17-7-9-2-4-13(21-9)22(16,19)20/h1-5H,6-7H2,(H,17,18)(H2,16,19,20). The summed E-state index contributed by atoms with van der Waals surface area (Å²) in [5, 5.41) is 8.55. The van der Waals surface area contributed by atoms with Crippen molar-refractivity contribution in [2.45, 2.75) is 17.2 Å². The van der Waals surface area contributed by atoms with Crippen LogP contribution in [0.3, 0.4) is 0 Å². The molecule has 0 unspecified atom stereocenters. The number of thiophene rings is 1. The van der Waals surface area contributed by atoms with Crippen LogP contribution in [0.15, 0.2) is 34.5 Å². The topological polar surface area (TPSA) is 89.3 Å². The first-order valence-corrected chi connectivity index (χ1v) is 9.20. The molecule has 2 aromatic rings. The van der Waals surface area contributed by atoms with Crippen LogP contribution in [0.5, 0.6) is 0 Å². The second kappa shape index (κ2) is 6.97. The van der Waals surface area contributed by atoms with Crippen LogP contribution < -0.4 is 10.5 Å². The van der Waals surface area contributed by atoms with Gasteiger partial charge in [0.2, 0.25) is 15.9 Å². The van der Waals surface area contributed by atoms with Crippen LogP contribution in [0.25, 0.3) is 0 Å². The van der Waals surface area contributed by atoms with Crippen molar-refractivity contribution in [1.82, 2.24) is 5.32 Å². The number of nitrogens with two attached hydrogens (primary N) is 1. The lowest BCUT2D eigenvalue weighted by Crippen LogP contribution is -2.24. The lowest BCUT2D eigenvalue weighted by atomic mass is 10.1. The zero-order valence-electron chi connectivity index (χ0n) is 11.2. The summed E-state index contributed by atoms with van der Waals surface area (Å²) >= 11 is 12.7. The lowest BCUT2D eigenvalue weighted by molar-refractivity contribution is -0.120. The minimum absolute atomic E-state index is 0.0706. The number of sulfonamides is 1. The Balaban J connectivity index is 1.92. The number of hydrogen-bond donors (Lipinski definition) is 2. The molecule has 0 radical (unpaired) electrons. The summed E-state index contributed by atoms with van der Waals surface area (Å²) in [5.74, 6) is -0.205. The Morgan fingerprint density at radius 1 is 1.18 bits per heavy atom. The zero-order valence-corrected chi connectivity index (χ0v) is 14.3. The third-order valence-corrected chi connectivity index (χ3v) is 5.99. The summed E-state index contributed by atoms with van der Waals surface area (Å²) in [4.78, 5) is 12.6. The third-order valence-electron chi connectivity index (χ3n) is 2.73. The molecule has 0 bridgehead atoms. The van der Waals surface area contributed by atoms with Crippen molar-refractivity contribution in [3.63, 3.8) is 0 Å². The molecule has 1 aromatic carbocycles. The maximum atomic E-state index is 11.9. The quantitative estimate of drug-likeness (QED) is 0.837. The van der Waals surface area contributed by atoms with E-state index in [1.807, 2.05) is 0 Å². The predicted octanol–water partition coefficient (Wildman–Crippen LogP) is 2.56. The van der Waals surface area contributed by atoms with Gasteiger partial charge >= 0.3 is 0 Å². The van der Waals surface area contributed by atoms with Crippen LogP contribution >= 0.6 is 34.5 Å². The first-order chi connectivity index (χ1) is 10.3. The molecule has 1 aromatic heterocycles. The van der Waals surface area contributed by atoms with E-state index < -0.39 is 10.0 Å². The predicted molar refractivity (Wildman–Crippen MR) is 87.7 cm³/mol. The van der Waals surface area contributed by atoms with Crippen LogP contribution in [-0.2, 0) is 27.8 Å². The van der Waals surface area contributed by atoms with Crippen LogP contribution in [0.2, 0.25) is 10.0 Å². The smallest absolute Gasteiger partial charge is 0.247 e. The molecular weight excluding hydrogens is 367 g/mol. The van der Waals surface area contributed by atoms with Gasteiger partial charge in [0.1, 0.15) is 4.21 Å². The van der Waals surface area contributed by atoms with Crippen molar-refractivity contribution in [1.29, 1.82) is 0 Å². The highest BCUT2D eigenvalue weighted by Gasteiger charge is 2.12. The van der Waals surface area contributed by atoms with E-state index in [2.05, 4.69) is 5.32 Å². The van der Waals surface area contributed by atoms with E-state index in [9.17, 15) is 13.2 Å². The number of carbonyl (C=O) groups excluding carboxylic acids is 1. The van der Waals surface area contributed by atoms with Crippen LogP contribution in [0.1, 0.15) is 10.4 Å². The van der Waals surface area contributed by atoms with Gasteiger partial charge in [-0.2, -0.15) is 0 Å². The summed E-state index contributed by atoms with van der Waals surface area (Å²) in [6, 6.07) is 8.01. The van der Waals surface area contributed by atoms with E-state index in [-0.39, 0.29) is 23.1 Å². The van der Waals surface area contributed by atoms with Gasteiger partial charge in [0, 0.05) is 4.88 Å². The summed E-state index contributed by atoms with van der Waals surface area (Å²) in [6.07, 6.45) is 0.157. The van der Waals surface area contributed by atoms with E-state index in [1.54, 1.807) is 24.3 Å². The Hall–Kier alpha value is -1.12. The van der Waals surface area contributed by atoms with Gasteiger partial charge in [-0.05, 0) is 29.8 Å². The molecule has 0 aliphatic rings. The number of amides is 1. The number of primary sulfonamides is 1. The first-order valence-electron chi connectivity index (χ1n) is 6.08. The van der Waals surface area contributed by atoms with E-state index in [0.717, 1.165) is 16.9 Å². The average Bonchev–Trinajstić information content (AvgIpc) is 2.89. The maximum Gasteiger partial charge on any atom is 0.247 e. The number of nitrogens with one attached hydrogen (secondary N) is 1. The lowest BCUT2D eigenvalue weighted by Gasteiger charge is -2.05. The molecule has 0 aliphatic heterocycles. The Bertz CT molecular complexity index is 803. The SMILES string of the molecule is NS(=O)(=O)c1ccc(CNC(=O)Cc2ccc(Cl)c(Cl)c2)s1. The van der Waals surface area contributed by atoms with Crippen molar-refractivity contribution >= 4 is 50.5 Å². The highest BCUT2D eigenvalue weighted by Crippen LogP contribution is 2.23. The van der Waals surface area contributed by atoms with E-state index in [1.165, 1.54) is 6.07 Å². The van der Waals surface area contributed by atoms with Crippen LogP contribution in [0.4, 0.5) is 0 Å². The number of benzene rings is 1. The molecular formula is C13H12Cl2N2O3S2. The number of hydrogen-bond acceptors (Lipinski definition) is 4. The van der Waals surface area contributed by atoms with E-state index in [4.69, 9.17) is 28.3 Å². The fourth-order valence-corrected chi connectivity index (χ4v) is 3.73. The van der Waals surface area contributed by atoms with Crippen LogP contribution in [0, 0.1) is 0 Å². The largest absolute Gasteiger partial charge is 0.351 e. The Morgan fingerprint density at radius 2 is 1.91 bits per heavy atom. The third kappa shape index (κ3) is 4.69. The van der Waals surface area contributed by atoms with Crippen molar-refractivity contribution in [3.8, 4) is 0 Å². The van der Waals surface area contributed by atoms with Gasteiger partial charge in [-0.15, -0.1) is 11.3 Å².